The van der Waals surface area contributed by atoms with E-state index in [9.17, 15) is 9.18 Å². The van der Waals surface area contributed by atoms with Gasteiger partial charge in [0, 0.05) is 11.4 Å². The fourth-order valence-electron chi connectivity index (χ4n) is 3.97. The Bertz CT molecular complexity index is 1310. The van der Waals surface area contributed by atoms with Gasteiger partial charge in [0.2, 0.25) is 0 Å². The molecule has 0 spiro atoms. The van der Waals surface area contributed by atoms with Crippen molar-refractivity contribution in [3.63, 3.8) is 0 Å². The predicted octanol–water partition coefficient (Wildman–Crippen LogP) is 4.15. The largest absolute Gasteiger partial charge is 0.268 e. The van der Waals surface area contributed by atoms with E-state index in [2.05, 4.69) is 22.4 Å². The first kappa shape index (κ1) is 20.3. The van der Waals surface area contributed by atoms with Crippen molar-refractivity contribution in [1.82, 2.24) is 29.8 Å². The van der Waals surface area contributed by atoms with Gasteiger partial charge in [0.1, 0.15) is 10.6 Å². The molecular formula is C21H21FN6OS2. The van der Waals surface area contributed by atoms with E-state index in [1.165, 1.54) is 27.3 Å². The number of aryl methyl sites for hydroxylation is 3. The summed E-state index contributed by atoms with van der Waals surface area (Å²) in [6.45, 7) is 2.77. The zero-order chi connectivity index (χ0) is 21.4. The molecule has 0 saturated heterocycles. The minimum Gasteiger partial charge on any atom is -0.268 e. The quantitative estimate of drug-likeness (QED) is 0.320. The van der Waals surface area contributed by atoms with Gasteiger partial charge in [-0.1, -0.05) is 30.8 Å². The van der Waals surface area contributed by atoms with Crippen molar-refractivity contribution >= 4 is 33.3 Å². The van der Waals surface area contributed by atoms with Crippen LogP contribution in [0.25, 0.3) is 15.9 Å². The molecule has 7 nitrogen and oxygen atoms in total. The average Bonchev–Trinajstić information content (AvgIpc) is 3.37. The van der Waals surface area contributed by atoms with Gasteiger partial charge in [-0.15, -0.1) is 16.4 Å². The van der Waals surface area contributed by atoms with Gasteiger partial charge in [-0.05, 0) is 60.2 Å². The molecule has 0 aliphatic heterocycles. The number of nitrogens with zero attached hydrogens (tertiary/aromatic N) is 6. The third-order valence-electron chi connectivity index (χ3n) is 5.42. The Hall–Kier alpha value is -2.59. The van der Waals surface area contributed by atoms with E-state index < -0.39 is 5.82 Å². The molecule has 31 heavy (non-hydrogen) atoms. The number of thiophene rings is 1. The summed E-state index contributed by atoms with van der Waals surface area (Å²) in [5, 5.41) is 13.0. The Balaban J connectivity index is 1.65. The van der Waals surface area contributed by atoms with Crippen LogP contribution in [0.1, 0.15) is 42.5 Å². The molecule has 1 aromatic carbocycles. The number of hydrogen-bond acceptors (Lipinski definition) is 7. The van der Waals surface area contributed by atoms with Crippen LogP contribution in [0.4, 0.5) is 4.39 Å². The van der Waals surface area contributed by atoms with E-state index in [0.717, 1.165) is 42.5 Å². The molecule has 3 heterocycles. The maximum atomic E-state index is 14.7. The molecule has 0 fully saturated rings. The number of aromatic nitrogens is 6. The van der Waals surface area contributed by atoms with E-state index >= 15 is 0 Å². The standard InChI is InChI=1S/C21H21FN6OS2/c1-2-11-27-17(24-25-26-27)12-30-21-23-19-18(13-7-3-6-10-16(13)31-19)20(29)28(21)15-9-5-4-8-14(15)22/h4-5,8-9H,2-3,6-7,10-12H2,1H3. The second kappa shape index (κ2) is 8.51. The highest BCUT2D eigenvalue weighted by Crippen LogP contribution is 2.35. The summed E-state index contributed by atoms with van der Waals surface area (Å²) < 4.78 is 17.9. The molecule has 160 valence electrons. The zero-order valence-electron chi connectivity index (χ0n) is 17.0. The number of thioether (sulfide) groups is 1. The number of halogens is 1. The van der Waals surface area contributed by atoms with Gasteiger partial charge < -0.3 is 0 Å². The number of tetrazole rings is 1. The minimum atomic E-state index is -0.451. The molecular weight excluding hydrogens is 435 g/mol. The van der Waals surface area contributed by atoms with Gasteiger partial charge in [0.25, 0.3) is 5.56 Å². The molecule has 0 atom stereocenters. The third-order valence-corrected chi connectivity index (χ3v) is 7.54. The Morgan fingerprint density at radius 1 is 1.23 bits per heavy atom. The number of benzene rings is 1. The first-order valence-electron chi connectivity index (χ1n) is 10.4. The monoisotopic (exact) mass is 456 g/mol. The fraction of sp³-hybridized carbons (Fsp3) is 0.381. The highest BCUT2D eigenvalue weighted by molar-refractivity contribution is 7.98. The topological polar surface area (TPSA) is 78.5 Å². The fourth-order valence-corrected chi connectivity index (χ4v) is 6.21. The molecule has 10 heteroatoms. The SMILES string of the molecule is CCCn1nnnc1CSc1nc2sc3c(c2c(=O)n1-c1ccccc1F)CCCC3. The average molecular weight is 457 g/mol. The summed E-state index contributed by atoms with van der Waals surface area (Å²) in [5.41, 5.74) is 1.11. The lowest BCUT2D eigenvalue weighted by Gasteiger charge is -2.14. The Morgan fingerprint density at radius 3 is 2.90 bits per heavy atom. The van der Waals surface area contributed by atoms with Crippen LogP contribution in [0, 0.1) is 5.82 Å². The Kier molecular flexibility index (Phi) is 5.58. The van der Waals surface area contributed by atoms with Gasteiger partial charge in [-0.25, -0.2) is 14.1 Å². The summed E-state index contributed by atoms with van der Waals surface area (Å²) in [6, 6.07) is 6.34. The van der Waals surface area contributed by atoms with Crippen LogP contribution in [0.3, 0.4) is 0 Å². The molecule has 0 bridgehead atoms. The van der Waals surface area contributed by atoms with Crippen molar-refractivity contribution < 1.29 is 4.39 Å². The van der Waals surface area contributed by atoms with Gasteiger partial charge >= 0.3 is 0 Å². The summed E-state index contributed by atoms with van der Waals surface area (Å²) in [7, 11) is 0. The number of rotatable bonds is 6. The molecule has 0 radical (unpaired) electrons. The van der Waals surface area contributed by atoms with Gasteiger partial charge in [-0.2, -0.15) is 0 Å². The highest BCUT2D eigenvalue weighted by Gasteiger charge is 2.24. The van der Waals surface area contributed by atoms with Crippen LogP contribution < -0.4 is 5.56 Å². The maximum Gasteiger partial charge on any atom is 0.267 e. The van der Waals surface area contributed by atoms with Crippen LogP contribution in [0.2, 0.25) is 0 Å². The van der Waals surface area contributed by atoms with Crippen molar-refractivity contribution in [2.24, 2.45) is 0 Å². The summed E-state index contributed by atoms with van der Waals surface area (Å²) in [6.07, 6.45) is 4.96. The number of para-hydroxylation sites is 1. The van der Waals surface area contributed by atoms with Crippen LogP contribution in [-0.2, 0) is 25.1 Å². The van der Waals surface area contributed by atoms with Crippen LogP contribution >= 0.6 is 23.1 Å². The van der Waals surface area contributed by atoms with Crippen molar-refractivity contribution in [3.05, 3.63) is 56.7 Å². The first-order chi connectivity index (χ1) is 15.2. The zero-order valence-corrected chi connectivity index (χ0v) is 18.7. The predicted molar refractivity (Wildman–Crippen MR) is 119 cm³/mol. The normalized spacial score (nSPS) is 13.6. The Labute approximate surface area is 186 Å². The third kappa shape index (κ3) is 3.67. The van der Waals surface area contributed by atoms with Gasteiger partial charge in [0.05, 0.1) is 16.8 Å². The highest BCUT2D eigenvalue weighted by atomic mass is 32.2. The lowest BCUT2D eigenvalue weighted by atomic mass is 9.97. The smallest absolute Gasteiger partial charge is 0.267 e. The van der Waals surface area contributed by atoms with Crippen molar-refractivity contribution in [1.29, 1.82) is 0 Å². The first-order valence-corrected chi connectivity index (χ1v) is 12.2. The van der Waals surface area contributed by atoms with Crippen LogP contribution in [-0.4, -0.2) is 29.8 Å². The van der Waals surface area contributed by atoms with Crippen molar-refractivity contribution in [2.45, 2.75) is 56.5 Å². The molecule has 0 amide bonds. The number of hydrogen-bond donors (Lipinski definition) is 0. The molecule has 0 unspecified atom stereocenters. The molecule has 1 aliphatic carbocycles. The Morgan fingerprint density at radius 2 is 2.06 bits per heavy atom. The summed E-state index contributed by atoms with van der Waals surface area (Å²) >= 11 is 2.95. The van der Waals surface area contributed by atoms with Crippen LogP contribution in [0.15, 0.2) is 34.2 Å². The van der Waals surface area contributed by atoms with E-state index in [1.807, 2.05) is 0 Å². The molecule has 5 rings (SSSR count). The molecule has 1 aliphatic rings. The molecule has 0 N–H and O–H groups in total. The van der Waals surface area contributed by atoms with Gasteiger partial charge in [-0.3, -0.25) is 9.36 Å². The lowest BCUT2D eigenvalue weighted by molar-refractivity contribution is 0.564. The van der Waals surface area contributed by atoms with Gasteiger partial charge in [0.15, 0.2) is 11.0 Å². The molecule has 0 saturated carbocycles. The van der Waals surface area contributed by atoms with Crippen LogP contribution in [0.5, 0.6) is 0 Å². The van der Waals surface area contributed by atoms with E-state index in [1.54, 1.807) is 34.2 Å². The molecule has 3 aromatic heterocycles. The second-order valence-corrected chi connectivity index (χ2v) is 9.51. The van der Waals surface area contributed by atoms with E-state index in [0.29, 0.717) is 28.7 Å². The number of fused-ring (bicyclic) bond motifs is 3. The second-order valence-electron chi connectivity index (χ2n) is 7.48. The lowest BCUT2D eigenvalue weighted by Crippen LogP contribution is -2.23. The van der Waals surface area contributed by atoms with Crippen molar-refractivity contribution in [3.8, 4) is 5.69 Å². The summed E-state index contributed by atoms with van der Waals surface area (Å²) in [5.74, 6) is 0.684. The summed E-state index contributed by atoms with van der Waals surface area (Å²) in [4.78, 5) is 20.5. The van der Waals surface area contributed by atoms with E-state index in [4.69, 9.17) is 4.98 Å². The van der Waals surface area contributed by atoms with Crippen molar-refractivity contribution in [2.75, 3.05) is 0 Å². The molecule has 4 aromatic rings. The maximum absolute atomic E-state index is 14.7. The minimum absolute atomic E-state index is 0.204. The van der Waals surface area contributed by atoms with E-state index in [-0.39, 0.29) is 11.2 Å².